The number of rotatable bonds is 8. The molecule has 0 amide bonds. The Morgan fingerprint density at radius 2 is 1.83 bits per heavy atom. The van der Waals surface area contributed by atoms with E-state index in [0.717, 1.165) is 31.2 Å². The van der Waals surface area contributed by atoms with Crippen LogP contribution in [0.25, 0.3) is 10.9 Å². The summed E-state index contributed by atoms with van der Waals surface area (Å²) in [5.41, 5.74) is 5.71. The van der Waals surface area contributed by atoms with E-state index in [2.05, 4.69) is 29.8 Å². The molecule has 1 atom stereocenters. The quantitative estimate of drug-likeness (QED) is 0.516. The van der Waals surface area contributed by atoms with Crippen LogP contribution in [0.5, 0.6) is 0 Å². The number of benzene rings is 2. The Kier molecular flexibility index (Phi) is 6.03. The lowest BCUT2D eigenvalue weighted by molar-refractivity contribution is -0.141. The molecule has 0 bridgehead atoms. The van der Waals surface area contributed by atoms with Crippen LogP contribution >= 0.6 is 0 Å². The number of aromatic nitrogens is 1. The minimum Gasteiger partial charge on any atom is -0.481 e. The zero-order valence-corrected chi connectivity index (χ0v) is 17.6. The zero-order valence-electron chi connectivity index (χ0n) is 17.6. The van der Waals surface area contributed by atoms with Crippen molar-refractivity contribution in [3.05, 3.63) is 70.9 Å². The number of aliphatic carboxylic acids is 1. The maximum atomic E-state index is 12.9. The molecule has 1 aliphatic carbocycles. The molecule has 4 nitrogen and oxygen atoms in total. The lowest BCUT2D eigenvalue weighted by Gasteiger charge is -2.12. The van der Waals surface area contributed by atoms with Gasteiger partial charge in [-0.15, -0.1) is 0 Å². The number of carboxylic acids is 1. The molecule has 0 saturated heterocycles. The van der Waals surface area contributed by atoms with Crippen LogP contribution in [0.3, 0.4) is 0 Å². The number of ketones is 1. The number of aryl methyl sites for hydroxylation is 3. The molecule has 0 radical (unpaired) electrons. The van der Waals surface area contributed by atoms with Crippen LogP contribution < -0.4 is 0 Å². The molecule has 156 valence electrons. The molecule has 3 aromatic rings. The van der Waals surface area contributed by atoms with E-state index in [1.165, 1.54) is 35.0 Å². The van der Waals surface area contributed by atoms with Gasteiger partial charge in [0.2, 0.25) is 0 Å². The summed E-state index contributed by atoms with van der Waals surface area (Å²) in [6.07, 6.45) is 6.78. The van der Waals surface area contributed by atoms with Gasteiger partial charge in [0, 0.05) is 35.6 Å². The number of nitrogens with zero attached hydrogens (tertiary/aromatic N) is 1. The van der Waals surface area contributed by atoms with Crippen molar-refractivity contribution in [3.63, 3.8) is 0 Å². The number of fused-ring (bicyclic) bond motifs is 3. The Morgan fingerprint density at radius 1 is 1.07 bits per heavy atom. The molecule has 0 aliphatic heterocycles. The fraction of sp³-hybridized carbons (Fsp3) is 0.385. The smallest absolute Gasteiger partial charge is 0.306 e. The van der Waals surface area contributed by atoms with Gasteiger partial charge in [0.15, 0.2) is 5.78 Å². The first-order valence-electron chi connectivity index (χ1n) is 10.9. The van der Waals surface area contributed by atoms with Gasteiger partial charge in [-0.25, -0.2) is 0 Å². The van der Waals surface area contributed by atoms with Gasteiger partial charge < -0.3 is 9.67 Å². The number of Topliss-reactive ketones (excluding diaryl/α,β-unsaturated/α-hetero) is 1. The largest absolute Gasteiger partial charge is 0.481 e. The number of carboxylic acid groups (broad SMARTS) is 1. The maximum absolute atomic E-state index is 12.9. The fourth-order valence-corrected chi connectivity index (χ4v) is 4.78. The topological polar surface area (TPSA) is 59.3 Å². The van der Waals surface area contributed by atoms with Crippen molar-refractivity contribution < 1.29 is 14.7 Å². The molecule has 1 aliphatic rings. The molecule has 1 heterocycles. The van der Waals surface area contributed by atoms with Crippen LogP contribution in [0, 0.1) is 5.92 Å². The highest BCUT2D eigenvalue weighted by atomic mass is 16.4. The van der Waals surface area contributed by atoms with Gasteiger partial charge >= 0.3 is 5.97 Å². The van der Waals surface area contributed by atoms with Gasteiger partial charge in [-0.3, -0.25) is 9.59 Å². The highest BCUT2D eigenvalue weighted by Crippen LogP contribution is 2.32. The van der Waals surface area contributed by atoms with Gasteiger partial charge in [-0.05, 0) is 62.1 Å². The van der Waals surface area contributed by atoms with E-state index in [-0.39, 0.29) is 12.2 Å². The Bertz CT molecular complexity index is 1060. The van der Waals surface area contributed by atoms with Crippen molar-refractivity contribution >= 4 is 22.7 Å². The minimum atomic E-state index is -0.883. The van der Waals surface area contributed by atoms with E-state index < -0.39 is 11.9 Å². The Labute approximate surface area is 177 Å². The van der Waals surface area contributed by atoms with Gasteiger partial charge in [-0.2, -0.15) is 0 Å². The Hall–Kier alpha value is -2.88. The van der Waals surface area contributed by atoms with E-state index >= 15 is 0 Å². The lowest BCUT2D eigenvalue weighted by Crippen LogP contribution is -2.18. The van der Waals surface area contributed by atoms with Crippen LogP contribution in [0.1, 0.15) is 59.3 Å². The molecule has 30 heavy (non-hydrogen) atoms. The predicted molar refractivity (Wildman–Crippen MR) is 119 cm³/mol. The first kappa shape index (κ1) is 20.4. The number of hydrogen-bond donors (Lipinski definition) is 1. The molecule has 0 fully saturated rings. The number of hydrogen-bond acceptors (Lipinski definition) is 2. The second-order valence-corrected chi connectivity index (χ2v) is 8.46. The summed E-state index contributed by atoms with van der Waals surface area (Å²) in [7, 11) is 2.07. The molecule has 4 heteroatoms. The van der Waals surface area contributed by atoms with Gasteiger partial charge in [-0.1, -0.05) is 42.5 Å². The third-order valence-electron chi connectivity index (χ3n) is 6.49. The molecule has 1 aromatic heterocycles. The standard InChI is InChI=1S/C26H29NO3/c1-27-23-13-6-5-12-21(23)22-15-14-19(16-24(22)27)25(28)17-20(26(29)30)11-7-10-18-8-3-2-4-9-18/h2-4,8-9,14-16,20H,5-7,10-13,17H2,1H3,(H,29,30)/t20-/m0/s1. The van der Waals surface area contributed by atoms with Gasteiger partial charge in [0.1, 0.15) is 0 Å². The van der Waals surface area contributed by atoms with Crippen molar-refractivity contribution in [3.8, 4) is 0 Å². The van der Waals surface area contributed by atoms with Crippen molar-refractivity contribution in [1.82, 2.24) is 4.57 Å². The SMILES string of the molecule is Cn1c2c(c3ccc(C(=O)C[C@H](CCCc4ccccc4)C(=O)O)cc31)CCCC2. The molecule has 0 unspecified atom stereocenters. The average molecular weight is 404 g/mol. The molecular formula is C26H29NO3. The monoisotopic (exact) mass is 403 g/mol. The van der Waals surface area contributed by atoms with E-state index in [1.54, 1.807) is 0 Å². The first-order chi connectivity index (χ1) is 14.5. The van der Waals surface area contributed by atoms with Gasteiger partial charge in [0.25, 0.3) is 0 Å². The molecule has 2 aromatic carbocycles. The first-order valence-corrected chi connectivity index (χ1v) is 10.9. The number of carbonyl (C=O) groups is 2. The summed E-state index contributed by atoms with van der Waals surface area (Å²) in [6, 6.07) is 15.9. The van der Waals surface area contributed by atoms with Crippen LogP contribution in [-0.4, -0.2) is 21.4 Å². The minimum absolute atomic E-state index is 0.0553. The van der Waals surface area contributed by atoms with E-state index in [0.29, 0.717) is 12.0 Å². The molecule has 4 rings (SSSR count). The van der Waals surface area contributed by atoms with Crippen LogP contribution in [0.15, 0.2) is 48.5 Å². The molecule has 0 spiro atoms. The average Bonchev–Trinajstić information content (AvgIpc) is 3.05. The third kappa shape index (κ3) is 4.18. The van der Waals surface area contributed by atoms with Crippen LogP contribution in [0.2, 0.25) is 0 Å². The van der Waals surface area contributed by atoms with Crippen LogP contribution in [-0.2, 0) is 31.1 Å². The molecule has 0 saturated carbocycles. The van der Waals surface area contributed by atoms with E-state index in [4.69, 9.17) is 0 Å². The third-order valence-corrected chi connectivity index (χ3v) is 6.49. The summed E-state index contributed by atoms with van der Waals surface area (Å²) in [5, 5.41) is 10.9. The maximum Gasteiger partial charge on any atom is 0.306 e. The Balaban J connectivity index is 1.46. The van der Waals surface area contributed by atoms with Crippen molar-refractivity contribution in [1.29, 1.82) is 0 Å². The van der Waals surface area contributed by atoms with Crippen LogP contribution in [0.4, 0.5) is 0 Å². The molecule has 1 N–H and O–H groups in total. The second kappa shape index (κ2) is 8.86. The van der Waals surface area contributed by atoms with Gasteiger partial charge in [0.05, 0.1) is 5.92 Å². The summed E-state index contributed by atoms with van der Waals surface area (Å²) in [4.78, 5) is 24.7. The fourth-order valence-electron chi connectivity index (χ4n) is 4.78. The highest BCUT2D eigenvalue weighted by molar-refractivity contribution is 6.01. The normalized spacial score (nSPS) is 14.4. The highest BCUT2D eigenvalue weighted by Gasteiger charge is 2.23. The summed E-state index contributed by atoms with van der Waals surface area (Å²) < 4.78 is 2.22. The van der Waals surface area contributed by atoms with Crippen molar-refractivity contribution in [2.24, 2.45) is 13.0 Å². The summed E-state index contributed by atoms with van der Waals surface area (Å²) >= 11 is 0. The van der Waals surface area contributed by atoms with Crippen molar-refractivity contribution in [2.75, 3.05) is 0 Å². The zero-order chi connectivity index (χ0) is 21.1. The second-order valence-electron chi connectivity index (χ2n) is 8.46. The molecular weight excluding hydrogens is 374 g/mol. The predicted octanol–water partition coefficient (Wildman–Crippen LogP) is 5.35. The lowest BCUT2D eigenvalue weighted by atomic mass is 9.92. The van der Waals surface area contributed by atoms with E-state index in [9.17, 15) is 14.7 Å². The summed E-state index contributed by atoms with van der Waals surface area (Å²) in [5.74, 6) is -1.60. The summed E-state index contributed by atoms with van der Waals surface area (Å²) in [6.45, 7) is 0. The Morgan fingerprint density at radius 3 is 2.60 bits per heavy atom. The van der Waals surface area contributed by atoms with Crippen molar-refractivity contribution in [2.45, 2.75) is 51.4 Å². The number of carbonyl (C=O) groups excluding carboxylic acids is 1. The van der Waals surface area contributed by atoms with E-state index in [1.807, 2.05) is 30.3 Å².